The lowest BCUT2D eigenvalue weighted by atomic mass is 9.88. The molecule has 0 aromatic heterocycles. The van der Waals surface area contributed by atoms with Crippen molar-refractivity contribution in [2.24, 2.45) is 35.5 Å². The van der Waals surface area contributed by atoms with Gasteiger partial charge >= 0.3 is 0 Å². The Kier molecular flexibility index (Phi) is 42.9. The Hall–Kier alpha value is 0.620. The molecular weight excluding hydrogens is 933 g/mol. The van der Waals surface area contributed by atoms with Crippen LogP contribution in [0.25, 0.3) is 0 Å². The molecule has 8 atom stereocenters. The third-order valence-electron chi connectivity index (χ3n) is 20.0. The van der Waals surface area contributed by atoms with E-state index in [0.717, 1.165) is 47.6 Å². The maximum absolute atomic E-state index is 2.96. The first kappa shape index (κ1) is 67.1. The molecule has 4 aliphatic rings. The first-order chi connectivity index (χ1) is 36.6. The van der Waals surface area contributed by atoms with E-state index in [1.807, 2.05) is 0 Å². The molecule has 2 aliphatic carbocycles. The lowest BCUT2D eigenvalue weighted by Crippen LogP contribution is -2.33. The first-order valence-corrected chi connectivity index (χ1v) is 37.9. The zero-order valence-electron chi connectivity index (χ0n) is 51.3. The fraction of sp³-hybridized carbons (Fsp3) is 1.00. The van der Waals surface area contributed by atoms with Crippen molar-refractivity contribution >= 4 is 21.6 Å². The molecule has 4 fully saturated rings. The fourth-order valence-electron chi connectivity index (χ4n) is 14.8. The summed E-state index contributed by atoms with van der Waals surface area (Å²) < 4.78 is 0. The van der Waals surface area contributed by atoms with E-state index in [1.54, 1.807) is 38.5 Å². The van der Waals surface area contributed by atoms with E-state index >= 15 is 0 Å². The average molecular weight is 1070 g/mol. The Labute approximate surface area is 475 Å². The van der Waals surface area contributed by atoms with Crippen LogP contribution in [-0.4, -0.2) is 59.6 Å². The predicted octanol–water partition coefficient (Wildman–Crippen LogP) is 23.8. The summed E-state index contributed by atoms with van der Waals surface area (Å²) in [6.45, 7) is 14.8. The molecule has 0 bridgehead atoms. The van der Waals surface area contributed by atoms with E-state index in [2.05, 4.69) is 59.1 Å². The summed E-state index contributed by atoms with van der Waals surface area (Å²) >= 11 is 0. The van der Waals surface area contributed by atoms with E-state index in [4.69, 9.17) is 0 Å². The summed E-state index contributed by atoms with van der Waals surface area (Å²) in [4.78, 5) is 5.92. The van der Waals surface area contributed by atoms with Crippen LogP contribution in [0.3, 0.4) is 0 Å². The van der Waals surface area contributed by atoms with Gasteiger partial charge in [0.05, 0.1) is 0 Å². The van der Waals surface area contributed by atoms with Crippen molar-refractivity contribution < 1.29 is 0 Å². The predicted molar refractivity (Wildman–Crippen MR) is 339 cm³/mol. The molecule has 0 spiro atoms. The van der Waals surface area contributed by atoms with Crippen LogP contribution < -0.4 is 0 Å². The molecule has 8 unspecified atom stereocenters. The summed E-state index contributed by atoms with van der Waals surface area (Å²) in [6, 6.07) is 1.74. The lowest BCUT2D eigenvalue weighted by Gasteiger charge is -2.29. The minimum Gasteiger partial charge on any atom is -0.300 e. The molecular formula is C70H136N2S2. The van der Waals surface area contributed by atoms with Gasteiger partial charge in [-0.1, -0.05) is 332 Å². The highest BCUT2D eigenvalue weighted by atomic mass is 33.1. The molecule has 0 aromatic rings. The van der Waals surface area contributed by atoms with Gasteiger partial charge in [0.25, 0.3) is 0 Å². The van der Waals surface area contributed by atoms with Crippen LogP contribution in [0.5, 0.6) is 0 Å². The Morgan fingerprint density at radius 1 is 0.324 bits per heavy atom. The third-order valence-corrected chi connectivity index (χ3v) is 22.4. The van der Waals surface area contributed by atoms with Crippen molar-refractivity contribution in [3.05, 3.63) is 0 Å². The van der Waals surface area contributed by atoms with Crippen LogP contribution in [-0.2, 0) is 0 Å². The monoisotopic (exact) mass is 1070 g/mol. The number of nitrogens with zero attached hydrogens (tertiary/aromatic N) is 2. The minimum absolute atomic E-state index is 0.872. The van der Waals surface area contributed by atoms with E-state index in [0.29, 0.717) is 0 Å². The molecule has 438 valence electrons. The van der Waals surface area contributed by atoms with Gasteiger partial charge in [-0.25, -0.2) is 0 Å². The van der Waals surface area contributed by atoms with Gasteiger partial charge in [-0.05, 0) is 100.0 Å². The number of unbranched alkanes of at least 4 members (excludes halogenated alkanes) is 30. The zero-order chi connectivity index (χ0) is 52.2. The average Bonchev–Trinajstić information content (AvgIpc) is 4.24. The molecule has 0 amide bonds. The lowest BCUT2D eigenvalue weighted by molar-refractivity contribution is 0.216. The molecule has 2 saturated heterocycles. The summed E-state index contributed by atoms with van der Waals surface area (Å²) in [5.41, 5.74) is 0. The second-order valence-electron chi connectivity index (χ2n) is 26.6. The molecule has 4 heteroatoms. The number of likely N-dealkylation sites (tertiary alicyclic amines) is 2. The quantitative estimate of drug-likeness (QED) is 0.0442. The van der Waals surface area contributed by atoms with Crippen molar-refractivity contribution in [1.29, 1.82) is 0 Å². The summed E-state index contributed by atoms with van der Waals surface area (Å²) in [5.74, 6) is 9.08. The minimum atomic E-state index is 0.872. The Balaban J connectivity index is 1.05. The zero-order valence-corrected chi connectivity index (χ0v) is 53.0. The van der Waals surface area contributed by atoms with Crippen LogP contribution in [0, 0.1) is 35.5 Å². The molecule has 74 heavy (non-hydrogen) atoms. The van der Waals surface area contributed by atoms with Gasteiger partial charge < -0.3 is 0 Å². The van der Waals surface area contributed by atoms with E-state index in [1.165, 1.54) is 333 Å². The highest BCUT2D eigenvalue weighted by Crippen LogP contribution is 2.47. The van der Waals surface area contributed by atoms with Gasteiger partial charge in [0.1, 0.15) is 0 Å². The van der Waals surface area contributed by atoms with Crippen molar-refractivity contribution in [3.8, 4) is 0 Å². The highest BCUT2D eigenvalue weighted by molar-refractivity contribution is 8.76. The van der Waals surface area contributed by atoms with E-state index < -0.39 is 0 Å². The van der Waals surface area contributed by atoms with Crippen LogP contribution in [0.4, 0.5) is 0 Å². The SMILES string of the molecule is CCCCCCCCC(CCCCCCCCC1CC1CCCCCCCC)CC1CCCN1CCSSCCN1CCCC1CC(CCCCCCCC)CCCCCCCCC1CC1CCCCCCCC. The second-order valence-corrected chi connectivity index (χ2v) is 29.3. The van der Waals surface area contributed by atoms with E-state index in [-0.39, 0.29) is 0 Å². The maximum Gasteiger partial charge on any atom is 0.0165 e. The first-order valence-electron chi connectivity index (χ1n) is 35.4. The normalized spacial score (nSPS) is 22.9. The standard InChI is InChI=1S/C70H136N2S2/c1-5-9-13-17-25-33-43-63(45-35-27-21-23-31-39-49-67-61-65(67)47-37-29-19-15-11-7-3)59-69-51-41-53-71(69)55-57-73-74-58-56-72-54-42-52-70(72)60-64(44-34-26-18-14-10-6-2)46-36-28-22-24-32-40-50-68-62-66(68)48-38-30-20-16-12-8-4/h63-70H,5-62H2,1-4H3. The molecule has 2 nitrogen and oxygen atoms in total. The van der Waals surface area contributed by atoms with Gasteiger partial charge in [-0.3, -0.25) is 9.80 Å². The largest absolute Gasteiger partial charge is 0.300 e. The smallest absolute Gasteiger partial charge is 0.0165 e. The molecule has 0 aromatic carbocycles. The van der Waals surface area contributed by atoms with Gasteiger partial charge in [0.2, 0.25) is 0 Å². The van der Waals surface area contributed by atoms with Crippen LogP contribution in [0.15, 0.2) is 0 Å². The molecule has 4 rings (SSSR count). The van der Waals surface area contributed by atoms with Gasteiger partial charge in [0, 0.05) is 36.7 Å². The van der Waals surface area contributed by atoms with E-state index in [9.17, 15) is 0 Å². The third kappa shape index (κ3) is 34.7. The van der Waals surface area contributed by atoms with Crippen molar-refractivity contribution in [1.82, 2.24) is 9.80 Å². The highest BCUT2D eigenvalue weighted by Gasteiger charge is 2.36. The fourth-order valence-corrected chi connectivity index (χ4v) is 16.8. The number of hydrogen-bond donors (Lipinski definition) is 0. The summed E-state index contributed by atoms with van der Waals surface area (Å²) in [6.07, 6.45) is 77.4. The van der Waals surface area contributed by atoms with Crippen molar-refractivity contribution in [3.63, 3.8) is 0 Å². The maximum atomic E-state index is 2.96. The number of hydrogen-bond acceptors (Lipinski definition) is 4. The molecule has 2 heterocycles. The van der Waals surface area contributed by atoms with Gasteiger partial charge in [0.15, 0.2) is 0 Å². The van der Waals surface area contributed by atoms with Crippen molar-refractivity contribution in [2.45, 2.75) is 374 Å². The Morgan fingerprint density at radius 2 is 0.581 bits per heavy atom. The summed E-state index contributed by atoms with van der Waals surface area (Å²) in [5, 5.41) is 0. The van der Waals surface area contributed by atoms with Gasteiger partial charge in [-0.2, -0.15) is 0 Å². The van der Waals surface area contributed by atoms with Gasteiger partial charge in [-0.15, -0.1) is 0 Å². The van der Waals surface area contributed by atoms with Crippen molar-refractivity contribution in [2.75, 3.05) is 37.7 Å². The van der Waals surface area contributed by atoms with Crippen LogP contribution in [0.2, 0.25) is 0 Å². The second kappa shape index (κ2) is 47.3. The van der Waals surface area contributed by atoms with Crippen LogP contribution in [0.1, 0.15) is 362 Å². The number of rotatable bonds is 57. The molecule has 2 saturated carbocycles. The topological polar surface area (TPSA) is 6.48 Å². The summed E-state index contributed by atoms with van der Waals surface area (Å²) in [7, 11) is 4.43. The Bertz CT molecular complexity index is 1100. The van der Waals surface area contributed by atoms with Crippen LogP contribution >= 0.6 is 21.6 Å². The molecule has 0 radical (unpaired) electrons. The molecule has 0 N–H and O–H groups in total. The molecule has 2 aliphatic heterocycles. The Morgan fingerprint density at radius 3 is 0.865 bits per heavy atom.